The van der Waals surface area contributed by atoms with Crippen LogP contribution in [0.1, 0.15) is 233 Å². The maximum atomic E-state index is 13.4. The van der Waals surface area contributed by atoms with Gasteiger partial charge in [0.2, 0.25) is 0 Å². The van der Waals surface area contributed by atoms with Gasteiger partial charge in [-0.2, -0.15) is 0 Å². The van der Waals surface area contributed by atoms with E-state index >= 15 is 0 Å². The molecular formula is C42H82O4. The molecule has 4 heteroatoms. The van der Waals surface area contributed by atoms with Crippen molar-refractivity contribution in [1.82, 2.24) is 0 Å². The summed E-state index contributed by atoms with van der Waals surface area (Å²) >= 11 is 0. The lowest BCUT2D eigenvalue weighted by Gasteiger charge is -2.24. The smallest absolute Gasteiger partial charge is 0.309 e. The quantitative estimate of drug-likeness (QED) is 0.0496. The van der Waals surface area contributed by atoms with Gasteiger partial charge >= 0.3 is 11.9 Å². The zero-order chi connectivity index (χ0) is 33.8. The number of carbonyl (C=O) groups excluding carboxylic acids is 2. The minimum Gasteiger partial charge on any atom is -0.466 e. The first kappa shape index (κ1) is 44.9. The molecule has 0 fully saturated rings. The fourth-order valence-corrected chi connectivity index (χ4v) is 6.79. The van der Waals surface area contributed by atoms with Crippen LogP contribution >= 0.6 is 0 Å². The van der Waals surface area contributed by atoms with Crippen LogP contribution in [0, 0.1) is 11.8 Å². The Labute approximate surface area is 288 Å². The molecule has 0 N–H and O–H groups in total. The monoisotopic (exact) mass is 651 g/mol. The Bertz CT molecular complexity index is 633. The molecule has 274 valence electrons. The van der Waals surface area contributed by atoms with E-state index in [1.165, 1.54) is 154 Å². The van der Waals surface area contributed by atoms with E-state index in [0.717, 1.165) is 51.4 Å². The van der Waals surface area contributed by atoms with Crippen molar-refractivity contribution in [2.24, 2.45) is 11.8 Å². The normalized spacial score (nSPS) is 12.7. The number of ether oxygens (including phenoxy) is 2. The number of unbranched alkanes of at least 4 members (excludes halogenated alkanes) is 27. The largest absolute Gasteiger partial charge is 0.466 e. The van der Waals surface area contributed by atoms with Crippen LogP contribution in [0.15, 0.2) is 0 Å². The molecule has 4 nitrogen and oxygen atoms in total. The molecule has 0 saturated carbocycles. The van der Waals surface area contributed by atoms with Crippen molar-refractivity contribution < 1.29 is 19.1 Å². The van der Waals surface area contributed by atoms with Gasteiger partial charge in [-0.05, 0) is 26.2 Å². The van der Waals surface area contributed by atoms with E-state index in [1.54, 1.807) is 0 Å². The van der Waals surface area contributed by atoms with E-state index in [-0.39, 0.29) is 23.8 Å². The van der Waals surface area contributed by atoms with Gasteiger partial charge in [0.05, 0.1) is 25.0 Å². The molecule has 0 bridgehead atoms. The number of esters is 2. The van der Waals surface area contributed by atoms with Crippen molar-refractivity contribution in [3.8, 4) is 0 Å². The second-order valence-electron chi connectivity index (χ2n) is 14.3. The van der Waals surface area contributed by atoms with Crippen LogP contribution in [0.5, 0.6) is 0 Å². The van der Waals surface area contributed by atoms with Crippen LogP contribution in [0.3, 0.4) is 0 Å². The third kappa shape index (κ3) is 29.1. The fourth-order valence-electron chi connectivity index (χ4n) is 6.79. The summed E-state index contributed by atoms with van der Waals surface area (Å²) in [4.78, 5) is 26.5. The predicted octanol–water partition coefficient (Wildman–Crippen LogP) is 13.9. The molecule has 0 saturated heterocycles. The van der Waals surface area contributed by atoms with E-state index in [2.05, 4.69) is 20.8 Å². The highest BCUT2D eigenvalue weighted by molar-refractivity contribution is 5.82. The summed E-state index contributed by atoms with van der Waals surface area (Å²) in [5, 5.41) is 0. The lowest BCUT2D eigenvalue weighted by molar-refractivity contribution is -0.161. The highest BCUT2D eigenvalue weighted by Crippen LogP contribution is 2.28. The van der Waals surface area contributed by atoms with E-state index < -0.39 is 0 Å². The molecule has 0 radical (unpaired) electrons. The van der Waals surface area contributed by atoms with Gasteiger partial charge in [0.25, 0.3) is 0 Å². The second-order valence-corrected chi connectivity index (χ2v) is 14.3. The molecule has 0 spiro atoms. The zero-order valence-corrected chi connectivity index (χ0v) is 31.8. The lowest BCUT2D eigenvalue weighted by Crippen LogP contribution is -2.33. The van der Waals surface area contributed by atoms with E-state index in [0.29, 0.717) is 13.2 Å². The van der Waals surface area contributed by atoms with Gasteiger partial charge in [-0.25, -0.2) is 0 Å². The highest BCUT2D eigenvalue weighted by Gasteiger charge is 2.35. The molecule has 2 atom stereocenters. The van der Waals surface area contributed by atoms with Crippen LogP contribution in [0.2, 0.25) is 0 Å². The Kier molecular flexibility index (Phi) is 35.9. The number of rotatable bonds is 37. The molecule has 0 heterocycles. The Morgan fingerprint density at radius 1 is 0.348 bits per heavy atom. The average Bonchev–Trinajstić information content (AvgIpc) is 3.05. The molecule has 0 aromatic heterocycles. The molecule has 2 unspecified atom stereocenters. The Balaban J connectivity index is 4.59. The summed E-state index contributed by atoms with van der Waals surface area (Å²) < 4.78 is 11.3. The van der Waals surface area contributed by atoms with Crippen molar-refractivity contribution in [2.75, 3.05) is 13.2 Å². The summed E-state index contributed by atoms with van der Waals surface area (Å²) in [5.41, 5.74) is 0. The van der Waals surface area contributed by atoms with Gasteiger partial charge in [-0.3, -0.25) is 9.59 Å². The molecule has 0 aliphatic heterocycles. The van der Waals surface area contributed by atoms with E-state index in [4.69, 9.17) is 9.47 Å². The number of carbonyl (C=O) groups is 2. The van der Waals surface area contributed by atoms with Gasteiger partial charge in [0.1, 0.15) is 0 Å². The summed E-state index contributed by atoms with van der Waals surface area (Å²) in [5.74, 6) is -1.09. The molecule has 0 aliphatic rings. The van der Waals surface area contributed by atoms with Crippen LogP contribution in [-0.2, 0) is 19.1 Å². The Morgan fingerprint density at radius 3 is 0.913 bits per heavy atom. The molecule has 0 aromatic carbocycles. The minimum absolute atomic E-state index is 0.164. The zero-order valence-electron chi connectivity index (χ0n) is 31.8. The van der Waals surface area contributed by atoms with Gasteiger partial charge in [0, 0.05) is 0 Å². The summed E-state index contributed by atoms with van der Waals surface area (Å²) in [7, 11) is 0. The maximum Gasteiger partial charge on any atom is 0.309 e. The minimum atomic E-state index is -0.367. The maximum absolute atomic E-state index is 13.4. The lowest BCUT2D eigenvalue weighted by atomic mass is 9.83. The van der Waals surface area contributed by atoms with Crippen molar-refractivity contribution in [1.29, 1.82) is 0 Å². The number of hydrogen-bond acceptors (Lipinski definition) is 4. The SMILES string of the molecule is CCCCCCCCCCCCCCCCC(C(=O)OCCCCCC)C(CCCCCCCCCCCCCC)C(=O)OCC. The van der Waals surface area contributed by atoms with Crippen molar-refractivity contribution in [3.63, 3.8) is 0 Å². The van der Waals surface area contributed by atoms with E-state index in [9.17, 15) is 9.59 Å². The van der Waals surface area contributed by atoms with Crippen LogP contribution in [-0.4, -0.2) is 25.2 Å². The first-order valence-electron chi connectivity index (χ1n) is 20.9. The molecule has 46 heavy (non-hydrogen) atoms. The highest BCUT2D eigenvalue weighted by atomic mass is 16.5. The Morgan fingerprint density at radius 2 is 0.609 bits per heavy atom. The molecule has 0 aromatic rings. The molecule has 0 amide bonds. The van der Waals surface area contributed by atoms with Crippen molar-refractivity contribution >= 4 is 11.9 Å². The third-order valence-corrected chi connectivity index (χ3v) is 9.86. The third-order valence-electron chi connectivity index (χ3n) is 9.86. The predicted molar refractivity (Wildman–Crippen MR) is 199 cm³/mol. The van der Waals surface area contributed by atoms with Crippen LogP contribution in [0.25, 0.3) is 0 Å². The summed E-state index contributed by atoms with van der Waals surface area (Å²) in [6.07, 6.45) is 39.8. The Hall–Kier alpha value is -1.06. The average molecular weight is 651 g/mol. The van der Waals surface area contributed by atoms with Gasteiger partial charge in [-0.1, -0.05) is 207 Å². The fraction of sp³-hybridized carbons (Fsp3) is 0.952. The molecule has 0 aliphatic carbocycles. The van der Waals surface area contributed by atoms with Gasteiger partial charge in [0.15, 0.2) is 0 Å². The first-order chi connectivity index (χ1) is 22.6. The van der Waals surface area contributed by atoms with Crippen molar-refractivity contribution in [2.45, 2.75) is 233 Å². The standard InChI is InChI=1S/C42H82O4/c1-5-9-12-15-17-19-21-23-24-26-28-30-32-34-37-40(42(44)46-38-35-14-11-7-3)39(41(43)45-8-4)36-33-31-29-27-25-22-20-18-16-13-10-6-2/h39-40H,5-38H2,1-4H3. The number of hydrogen-bond donors (Lipinski definition) is 0. The molecular weight excluding hydrogens is 568 g/mol. The van der Waals surface area contributed by atoms with E-state index in [1.807, 2.05) is 6.92 Å². The van der Waals surface area contributed by atoms with Crippen molar-refractivity contribution in [3.05, 3.63) is 0 Å². The van der Waals surface area contributed by atoms with Gasteiger partial charge in [-0.15, -0.1) is 0 Å². The second kappa shape index (κ2) is 36.8. The van der Waals surface area contributed by atoms with Crippen LogP contribution < -0.4 is 0 Å². The summed E-state index contributed by atoms with van der Waals surface area (Å²) in [6, 6.07) is 0. The summed E-state index contributed by atoms with van der Waals surface area (Å²) in [6.45, 7) is 9.46. The first-order valence-corrected chi connectivity index (χ1v) is 20.9. The topological polar surface area (TPSA) is 52.6 Å². The van der Waals surface area contributed by atoms with Gasteiger partial charge < -0.3 is 9.47 Å². The van der Waals surface area contributed by atoms with Crippen LogP contribution in [0.4, 0.5) is 0 Å². The molecule has 0 rings (SSSR count).